The smallest absolute Gasteiger partial charge is 0.119 e. The van der Waals surface area contributed by atoms with Crippen LogP contribution in [0.25, 0.3) is 21.3 Å². The van der Waals surface area contributed by atoms with Gasteiger partial charge in [-0.15, -0.1) is 11.3 Å². The van der Waals surface area contributed by atoms with Gasteiger partial charge in [0.25, 0.3) is 0 Å². The summed E-state index contributed by atoms with van der Waals surface area (Å²) in [7, 11) is 1.69. The molecule has 1 N–H and O–H groups in total. The number of benzene rings is 1. The van der Waals surface area contributed by atoms with Crippen molar-refractivity contribution in [1.82, 2.24) is 4.98 Å². The van der Waals surface area contributed by atoms with Crippen LogP contribution >= 0.6 is 11.3 Å². The number of rotatable bonds is 2. The molecule has 0 unspecified atom stereocenters. The molecule has 80 valence electrons. The molecule has 0 saturated heterocycles. The van der Waals surface area contributed by atoms with Crippen LogP contribution in [0.15, 0.2) is 41.9 Å². The number of hydrogen-bond donors (Lipinski definition) is 1. The van der Waals surface area contributed by atoms with Crippen LogP contribution in [0.3, 0.4) is 0 Å². The first-order valence-electron chi connectivity index (χ1n) is 5.07. The van der Waals surface area contributed by atoms with Crippen molar-refractivity contribution in [2.24, 2.45) is 0 Å². The number of aromatic amines is 1. The van der Waals surface area contributed by atoms with Crippen molar-refractivity contribution in [3.63, 3.8) is 0 Å². The molecular weight excluding hydrogens is 218 g/mol. The molecule has 0 spiro atoms. The van der Waals surface area contributed by atoms with Gasteiger partial charge in [0.1, 0.15) is 5.75 Å². The maximum absolute atomic E-state index is 5.25. The lowest BCUT2D eigenvalue weighted by molar-refractivity contribution is 0.415. The Balaban J connectivity index is 2.25. The molecule has 3 rings (SSSR count). The second-order valence-corrected chi connectivity index (χ2v) is 4.54. The van der Waals surface area contributed by atoms with E-state index in [-0.39, 0.29) is 0 Å². The van der Waals surface area contributed by atoms with Crippen LogP contribution < -0.4 is 4.74 Å². The Hall–Kier alpha value is -1.74. The van der Waals surface area contributed by atoms with Gasteiger partial charge in [0, 0.05) is 27.5 Å². The highest BCUT2D eigenvalue weighted by Gasteiger charge is 2.07. The summed E-state index contributed by atoms with van der Waals surface area (Å²) in [5.74, 6) is 0.893. The van der Waals surface area contributed by atoms with E-state index < -0.39 is 0 Å². The van der Waals surface area contributed by atoms with E-state index in [1.807, 2.05) is 12.1 Å². The Kier molecular flexibility index (Phi) is 2.18. The van der Waals surface area contributed by atoms with Crippen LogP contribution in [-0.2, 0) is 0 Å². The predicted octanol–water partition coefficient (Wildman–Crippen LogP) is 3.91. The Morgan fingerprint density at radius 1 is 1.25 bits per heavy atom. The summed E-state index contributed by atoms with van der Waals surface area (Å²) in [6.45, 7) is 0. The van der Waals surface area contributed by atoms with Crippen LogP contribution in [0.2, 0.25) is 0 Å². The van der Waals surface area contributed by atoms with Crippen LogP contribution in [0.4, 0.5) is 0 Å². The Labute approximate surface area is 97.5 Å². The van der Waals surface area contributed by atoms with Crippen molar-refractivity contribution in [1.29, 1.82) is 0 Å². The van der Waals surface area contributed by atoms with Gasteiger partial charge in [0.05, 0.1) is 7.11 Å². The number of fused-ring (bicyclic) bond motifs is 1. The van der Waals surface area contributed by atoms with Crippen LogP contribution in [0, 0.1) is 0 Å². The first kappa shape index (κ1) is 9.48. The second-order valence-electron chi connectivity index (χ2n) is 3.59. The number of H-pyrrole nitrogens is 1. The van der Waals surface area contributed by atoms with E-state index in [1.165, 1.54) is 15.8 Å². The fourth-order valence-electron chi connectivity index (χ4n) is 1.86. The number of hydrogen-bond acceptors (Lipinski definition) is 2. The second kappa shape index (κ2) is 3.68. The molecule has 0 bridgehead atoms. The first-order valence-corrected chi connectivity index (χ1v) is 5.95. The van der Waals surface area contributed by atoms with Gasteiger partial charge in [0.2, 0.25) is 0 Å². The molecule has 0 atom stereocenters. The molecule has 0 amide bonds. The van der Waals surface area contributed by atoms with Gasteiger partial charge in [-0.3, -0.25) is 0 Å². The number of ether oxygens (including phenoxy) is 1. The topological polar surface area (TPSA) is 25.0 Å². The normalized spacial score (nSPS) is 10.8. The van der Waals surface area contributed by atoms with Crippen LogP contribution in [0.1, 0.15) is 0 Å². The lowest BCUT2D eigenvalue weighted by Crippen LogP contribution is -1.81. The average molecular weight is 229 g/mol. The zero-order valence-electron chi connectivity index (χ0n) is 8.86. The zero-order chi connectivity index (χ0) is 11.0. The van der Waals surface area contributed by atoms with Crippen molar-refractivity contribution in [3.8, 4) is 16.2 Å². The van der Waals surface area contributed by atoms with Crippen molar-refractivity contribution in [3.05, 3.63) is 41.9 Å². The summed E-state index contributed by atoms with van der Waals surface area (Å²) < 4.78 is 5.25. The molecule has 2 nitrogen and oxygen atoms in total. The Morgan fingerprint density at radius 2 is 2.19 bits per heavy atom. The molecule has 2 heterocycles. The molecule has 0 aliphatic rings. The van der Waals surface area contributed by atoms with Gasteiger partial charge in [-0.05, 0) is 29.6 Å². The summed E-state index contributed by atoms with van der Waals surface area (Å²) in [4.78, 5) is 4.56. The van der Waals surface area contributed by atoms with Gasteiger partial charge in [-0.25, -0.2) is 0 Å². The highest BCUT2D eigenvalue weighted by atomic mass is 32.1. The van der Waals surface area contributed by atoms with Crippen molar-refractivity contribution < 1.29 is 4.74 Å². The largest absolute Gasteiger partial charge is 0.497 e. The third-order valence-electron chi connectivity index (χ3n) is 2.68. The quantitative estimate of drug-likeness (QED) is 0.708. The molecule has 3 heteroatoms. The van der Waals surface area contributed by atoms with E-state index in [0.717, 1.165) is 11.3 Å². The summed E-state index contributed by atoms with van der Waals surface area (Å²) >= 11 is 1.75. The molecule has 0 radical (unpaired) electrons. The number of aromatic nitrogens is 1. The van der Waals surface area contributed by atoms with Gasteiger partial charge < -0.3 is 9.72 Å². The van der Waals surface area contributed by atoms with Gasteiger partial charge in [-0.1, -0.05) is 6.07 Å². The molecule has 16 heavy (non-hydrogen) atoms. The molecule has 1 aromatic carbocycles. The minimum Gasteiger partial charge on any atom is -0.497 e. The number of methoxy groups -OCH3 is 1. The Bertz CT molecular complexity index is 610. The maximum atomic E-state index is 5.25. The van der Waals surface area contributed by atoms with E-state index in [0.29, 0.717) is 0 Å². The lowest BCUT2D eigenvalue weighted by Gasteiger charge is -2.00. The van der Waals surface area contributed by atoms with Crippen molar-refractivity contribution in [2.75, 3.05) is 7.11 Å². The molecule has 0 saturated carbocycles. The molecule has 0 aliphatic heterocycles. The minimum absolute atomic E-state index is 0.893. The van der Waals surface area contributed by atoms with Gasteiger partial charge >= 0.3 is 0 Å². The van der Waals surface area contributed by atoms with E-state index >= 15 is 0 Å². The molecule has 2 aromatic heterocycles. The summed E-state index contributed by atoms with van der Waals surface area (Å²) in [6.07, 6.45) is 2.05. The minimum atomic E-state index is 0.893. The summed E-state index contributed by atoms with van der Waals surface area (Å²) in [5.41, 5.74) is 2.38. The molecule has 0 aliphatic carbocycles. The molecule has 0 fully saturated rings. The number of thiophene rings is 1. The van der Waals surface area contributed by atoms with Crippen molar-refractivity contribution in [2.45, 2.75) is 0 Å². The fraction of sp³-hybridized carbons (Fsp3) is 0.0769. The van der Waals surface area contributed by atoms with Crippen molar-refractivity contribution >= 4 is 22.2 Å². The molecular formula is C13H11NOS. The maximum Gasteiger partial charge on any atom is 0.119 e. The monoisotopic (exact) mass is 229 g/mol. The van der Waals surface area contributed by atoms with Crippen LogP contribution in [0.5, 0.6) is 5.75 Å². The predicted molar refractivity (Wildman–Crippen MR) is 68.2 cm³/mol. The van der Waals surface area contributed by atoms with E-state index in [4.69, 9.17) is 4.74 Å². The molecule has 3 aromatic rings. The third kappa shape index (κ3) is 1.41. The van der Waals surface area contributed by atoms with E-state index in [9.17, 15) is 0 Å². The average Bonchev–Trinajstić information content (AvgIpc) is 2.96. The van der Waals surface area contributed by atoms with E-state index in [2.05, 4.69) is 34.8 Å². The highest BCUT2D eigenvalue weighted by Crippen LogP contribution is 2.33. The number of nitrogens with one attached hydrogen (secondary N) is 1. The summed E-state index contributed by atoms with van der Waals surface area (Å²) in [5, 5.41) is 3.30. The third-order valence-corrected chi connectivity index (χ3v) is 3.58. The Morgan fingerprint density at radius 3 is 2.94 bits per heavy atom. The fourth-order valence-corrected chi connectivity index (χ4v) is 2.62. The summed E-state index contributed by atoms with van der Waals surface area (Å²) in [6, 6.07) is 10.3. The van der Waals surface area contributed by atoms with Gasteiger partial charge in [0.15, 0.2) is 0 Å². The lowest BCUT2D eigenvalue weighted by atomic mass is 10.1. The van der Waals surface area contributed by atoms with E-state index in [1.54, 1.807) is 18.4 Å². The van der Waals surface area contributed by atoms with Crippen LogP contribution in [-0.4, -0.2) is 12.1 Å². The SMILES string of the molecule is COc1ccc2[nH]cc(-c3cccs3)c2c1. The van der Waals surface area contributed by atoms with Gasteiger partial charge in [-0.2, -0.15) is 0 Å². The first-order chi connectivity index (χ1) is 7.88. The standard InChI is InChI=1S/C13H11NOS/c1-15-9-4-5-12-10(7-9)11(8-14-12)13-3-2-6-16-13/h2-8,14H,1H3. The zero-order valence-corrected chi connectivity index (χ0v) is 9.67. The highest BCUT2D eigenvalue weighted by molar-refractivity contribution is 7.13.